The van der Waals surface area contributed by atoms with E-state index in [0.717, 1.165) is 107 Å². The number of carbonyl (C=O) groups is 8. The third-order valence-electron chi connectivity index (χ3n) is 27.2. The van der Waals surface area contributed by atoms with Crippen LogP contribution < -0.4 is 61.1 Å². The van der Waals surface area contributed by atoms with E-state index in [9.17, 15) is 76.8 Å². The lowest BCUT2D eigenvalue weighted by Crippen LogP contribution is -2.50. The number of amides is 4. The third-order valence-corrected chi connectivity index (χ3v) is 33.8. The molecule has 6 saturated heterocycles. The average molecular weight is 2050 g/mol. The van der Waals surface area contributed by atoms with Crippen LogP contribution in [0.5, 0.6) is 17.2 Å². The highest BCUT2D eigenvalue weighted by molar-refractivity contribution is 7.71. The number of ether oxygens (including phenoxy) is 7. The second-order valence-corrected chi connectivity index (χ2v) is 45.9. The predicted octanol–water partition coefficient (Wildman–Crippen LogP) is 14.0. The number of hydrogen-bond acceptors (Lipinski definition) is 29. The molecule has 9 atom stereocenters. The van der Waals surface area contributed by atoms with Crippen molar-refractivity contribution in [2.75, 3.05) is 147 Å². The van der Waals surface area contributed by atoms with Crippen molar-refractivity contribution in [3.05, 3.63) is 171 Å². The van der Waals surface area contributed by atoms with Crippen LogP contribution in [0.25, 0.3) is 32.7 Å². The summed E-state index contributed by atoms with van der Waals surface area (Å²) in [7, 11) is -0.678. The van der Waals surface area contributed by atoms with Crippen LogP contribution in [0.3, 0.4) is 0 Å². The number of methoxy groups -OCH3 is 3. The smallest absolute Gasteiger partial charge is 0.410 e. The number of likely N-dealkylation sites (tertiary alicyclic amines) is 2. The first kappa shape index (κ1) is 107. The van der Waals surface area contributed by atoms with Gasteiger partial charge in [-0.25, -0.2) is 37.1 Å². The van der Waals surface area contributed by atoms with Gasteiger partial charge in [0.25, 0.3) is 11.8 Å². The van der Waals surface area contributed by atoms with Gasteiger partial charge < -0.3 is 121 Å². The zero-order chi connectivity index (χ0) is 103. The van der Waals surface area contributed by atoms with E-state index in [2.05, 4.69) is 16.0 Å². The first-order valence-electron chi connectivity index (χ1n) is 47.3. The number of nitrogens with zero attached hydrogens (tertiary/aromatic N) is 8. The molecule has 8 aromatic rings. The van der Waals surface area contributed by atoms with Crippen molar-refractivity contribution in [2.24, 2.45) is 17.8 Å². The van der Waals surface area contributed by atoms with E-state index < -0.39 is 128 Å². The Morgan fingerprint density at radius 2 is 0.881 bits per heavy atom. The van der Waals surface area contributed by atoms with E-state index in [-0.39, 0.29) is 128 Å². The number of rotatable bonds is 29. The van der Waals surface area contributed by atoms with Gasteiger partial charge in [-0.15, -0.1) is 0 Å². The van der Waals surface area contributed by atoms with E-state index in [1.807, 2.05) is 62.9 Å². The van der Waals surface area contributed by atoms with Crippen molar-refractivity contribution in [3.63, 3.8) is 0 Å². The molecule has 6 aliphatic heterocycles. The summed E-state index contributed by atoms with van der Waals surface area (Å²) in [5.74, 6) is -5.46. The third kappa shape index (κ3) is 23.7. The molecule has 4 amide bonds. The number of piperidine rings is 3. The molecule has 17 rings (SSSR count). The van der Waals surface area contributed by atoms with Crippen LogP contribution in [0.2, 0.25) is 0 Å². The Labute approximate surface area is 822 Å². The number of carbonyl (C=O) groups excluding carboxylic acids is 7. The zero-order valence-corrected chi connectivity index (χ0v) is 84.5. The molecule has 3 aromatic heterocycles. The fourth-order valence-electron chi connectivity index (χ4n) is 20.0. The van der Waals surface area contributed by atoms with Gasteiger partial charge in [-0.2, -0.15) is 0 Å². The van der Waals surface area contributed by atoms with E-state index in [0.29, 0.717) is 104 Å². The second kappa shape index (κ2) is 44.4. The quantitative estimate of drug-likeness (QED) is 0.0110. The van der Waals surface area contributed by atoms with E-state index in [1.165, 1.54) is 78.4 Å². The molecule has 3 unspecified atom stereocenters. The molecular formula is C98H121F3N11O28P3. The topological polar surface area (TPSA) is 476 Å². The monoisotopic (exact) mass is 2050 g/mol. The molecule has 9 fully saturated rings. The van der Waals surface area contributed by atoms with E-state index in [1.54, 1.807) is 54.9 Å². The Morgan fingerprint density at radius 3 is 1.22 bits per heavy atom. The molecule has 45 heteroatoms. The van der Waals surface area contributed by atoms with Crippen LogP contribution in [0.15, 0.2) is 99.7 Å². The maximum absolute atomic E-state index is 16.3. The van der Waals surface area contributed by atoms with Gasteiger partial charge in [0.1, 0.15) is 62.3 Å². The molecule has 9 heterocycles. The number of benzene rings is 5. The number of pyridine rings is 3. The highest BCUT2D eigenvalue weighted by atomic mass is 31.2. The number of aromatic nitrogens is 3. The number of fused-ring (bicyclic) bond motifs is 6. The fraction of sp³-hybridized carbons (Fsp3) is 0.520. The minimum atomic E-state index is -4.60. The van der Waals surface area contributed by atoms with Crippen molar-refractivity contribution >= 4 is 133 Å². The Hall–Kier alpha value is -11.9. The number of esters is 2. The number of anilines is 5. The molecule has 772 valence electrons. The van der Waals surface area contributed by atoms with Gasteiger partial charge in [0.15, 0.2) is 47.9 Å². The highest BCUT2D eigenvalue weighted by Gasteiger charge is 2.49. The summed E-state index contributed by atoms with van der Waals surface area (Å²) < 4.78 is 133. The van der Waals surface area contributed by atoms with Gasteiger partial charge in [-0.1, -0.05) is 24.3 Å². The van der Waals surface area contributed by atoms with Gasteiger partial charge in [0.2, 0.25) is 16.3 Å². The largest absolute Gasteiger partial charge is 0.492 e. The summed E-state index contributed by atoms with van der Waals surface area (Å²) >= 11 is 0. The van der Waals surface area contributed by atoms with Crippen molar-refractivity contribution < 1.29 is 122 Å². The Kier molecular flexibility index (Phi) is 33.2. The number of carboxylic acids is 1. The minimum Gasteiger partial charge on any atom is -0.492 e. The number of hydrogen-bond donors (Lipinski definition) is 6. The minimum absolute atomic E-state index is 0.00750. The van der Waals surface area contributed by atoms with Crippen LogP contribution in [-0.2, 0) is 68.9 Å². The van der Waals surface area contributed by atoms with Crippen LogP contribution in [0.1, 0.15) is 179 Å². The molecule has 39 nitrogen and oxygen atoms in total. The van der Waals surface area contributed by atoms with Crippen molar-refractivity contribution in [1.82, 2.24) is 28.8 Å². The lowest BCUT2D eigenvalue weighted by molar-refractivity contribution is -0.119. The van der Waals surface area contributed by atoms with E-state index in [4.69, 9.17) is 56.7 Å². The van der Waals surface area contributed by atoms with Gasteiger partial charge >= 0.3 is 45.3 Å². The maximum Gasteiger partial charge on any atom is 0.410 e. The summed E-state index contributed by atoms with van der Waals surface area (Å²) in [6, 6.07) is 16.1. The van der Waals surface area contributed by atoms with Gasteiger partial charge in [0.05, 0.1) is 66.1 Å². The SMILES string of the molecule is COc1c(N2C[C@@H]3CCCN(C(=O)OC(C)(C)C)[C@@H]3C2)c(F)cc2c(=O)c(C(=O)O)cn(C3CC3)c12.COc1c(N2C[C@@H]3CCCN(C(=O)OC(C)(C)C)[C@@H]3C2)c(F)cc2c(=O)c(C(=O)OCC(=O)Nc3ccc(CC(P(C)OC)P(=O)(OC)OC)cc3)cn(C3CC3)c12.COc1c(N2C[C@@H]3CCCN[C@@H]3C2)c(F)cc2c(=O)c(C(=O)OCC(=O)Nc3ccc(CC(C=O)P(=O)(O)O)cc3)cn(C3CC3)c12.O=O. The summed E-state index contributed by atoms with van der Waals surface area (Å²) in [5, 5.41) is 17.7. The molecule has 5 aromatic carbocycles. The van der Waals surface area contributed by atoms with Crippen LogP contribution in [0.4, 0.5) is 51.2 Å². The number of nitrogens with one attached hydrogen (secondary N) is 3. The molecule has 9 aliphatic rings. The predicted molar refractivity (Wildman–Crippen MR) is 528 cm³/mol. The van der Waals surface area contributed by atoms with Gasteiger partial charge in [-0.3, -0.25) is 33.1 Å². The highest BCUT2D eigenvalue weighted by Crippen LogP contribution is 2.64. The Balaban J connectivity index is 0.000000173. The maximum atomic E-state index is 16.3. The number of aldehydes is 1. The number of aromatic carboxylic acids is 1. The van der Waals surface area contributed by atoms with Gasteiger partial charge in [0, 0.05) is 146 Å². The number of carboxylic acid groups (broad SMARTS) is 1. The Morgan fingerprint density at radius 1 is 0.517 bits per heavy atom. The Bertz CT molecular complexity index is 6460. The van der Waals surface area contributed by atoms with Crippen LogP contribution in [-0.4, -0.2) is 248 Å². The second-order valence-electron chi connectivity index (χ2n) is 39.2. The van der Waals surface area contributed by atoms with Crippen LogP contribution >= 0.6 is 23.3 Å². The lowest BCUT2D eigenvalue weighted by Gasteiger charge is -2.37. The zero-order valence-electron chi connectivity index (χ0n) is 81.8. The van der Waals surface area contributed by atoms with Crippen LogP contribution in [0, 0.1) is 45.1 Å². The average Bonchev–Trinajstić information content (AvgIpc) is 1.68. The lowest BCUT2D eigenvalue weighted by atomic mass is 9.92. The first-order valence-corrected chi connectivity index (χ1v) is 52.4. The summed E-state index contributed by atoms with van der Waals surface area (Å²) in [6.45, 7) is 16.5. The molecule has 0 bridgehead atoms. The van der Waals surface area contributed by atoms with Crippen molar-refractivity contribution in [3.8, 4) is 17.2 Å². The molecule has 3 saturated carbocycles. The molecular weight excluding hydrogens is 1930 g/mol. The van der Waals surface area contributed by atoms with Gasteiger partial charge in [-0.05, 0) is 216 Å². The van der Waals surface area contributed by atoms with E-state index >= 15 is 13.2 Å². The molecule has 3 aliphatic carbocycles. The summed E-state index contributed by atoms with van der Waals surface area (Å²) in [6.07, 6.45) is 14.1. The first-order chi connectivity index (χ1) is 68.0. The standard InChI is InChI=1S/C40H53FN4O11P2.C32H36FN4O9P.C26H32FN3O6.O2/c1-40(2,3)56-39(49)44-17-9-10-25-20-43(22-31(25)44)35-30(41)19-28-34(37(35)51-4)45(27-15-16-27)21-29(36(28)47)38(48)55-23-32(46)42-26-13-11-24(12-14-26)18-33(57(8)52-5)58(50,53-6)54-7;1-45-31-28-23(12-25(33)29(31)36-13-19-3-2-10-34-26(19)15-36)30(40)24(14-37(28)21-8-9-21)32(41)46-17-27(39)35-20-6-4-18(5-7-20)11-22(16-38)47(42,43)44;1-26(2,3)36-25(34)29-9-5-6-14-11-28(13-19(14)29)21-18(27)10-16-20(23(21)35-4)30(15-7-8-15)12-17(22(16)31)24(32)33;1-2/h11-14,19,21,25,27,31,33H,9-10,15-18,20,22-23H2,1-8H3,(H,42,46);4-7,12,14,16,19,21-22,26,34H,2-3,8-11,13,15,17H2,1H3,(H,35,39)(H2,42,43,44);10,12,14-15,19H,5-9,11,13H2,1-4H3,(H,32,33);/t25-,31+,33?,57?;19-,22?,26+;14-,19+;/m000./s1. The summed E-state index contributed by atoms with van der Waals surface area (Å²) in [5.41, 5.74) is -2.11. The molecule has 6 N–H and O–H groups in total. The van der Waals surface area contributed by atoms with Crippen molar-refractivity contribution in [2.45, 2.75) is 190 Å². The number of halogens is 3. The molecule has 143 heavy (non-hydrogen) atoms. The molecule has 0 spiro atoms. The fourth-order valence-corrected chi connectivity index (χ4v) is 24.9. The summed E-state index contributed by atoms with van der Waals surface area (Å²) in [4.78, 5) is 183. The normalized spacial score (nSPS) is 20.0. The van der Waals surface area contributed by atoms with Crippen molar-refractivity contribution in [1.29, 1.82) is 0 Å². The molecule has 0 radical (unpaired) electrons.